The Morgan fingerprint density at radius 3 is 2.37 bits per heavy atom. The van der Waals surface area contributed by atoms with Crippen molar-refractivity contribution in [2.45, 2.75) is 12.1 Å². The molecule has 0 spiro atoms. The second kappa shape index (κ2) is 11.0. The van der Waals surface area contributed by atoms with Crippen LogP contribution in [0.25, 0.3) is 17.1 Å². The molecule has 8 nitrogen and oxygen atoms in total. The number of aromatic nitrogens is 3. The molecule has 35 heavy (non-hydrogen) atoms. The van der Waals surface area contributed by atoms with Gasteiger partial charge in [-0.15, -0.1) is 10.2 Å². The smallest absolute Gasteiger partial charge is 0.250 e. The first-order valence-corrected chi connectivity index (χ1v) is 11.8. The number of aryl methyl sites for hydroxylation is 1. The van der Waals surface area contributed by atoms with Crippen molar-refractivity contribution in [3.63, 3.8) is 0 Å². The number of hydrazone groups is 1. The van der Waals surface area contributed by atoms with Crippen molar-refractivity contribution in [2.75, 3.05) is 5.75 Å². The van der Waals surface area contributed by atoms with E-state index in [-0.39, 0.29) is 17.2 Å². The van der Waals surface area contributed by atoms with Gasteiger partial charge in [0.2, 0.25) is 0 Å². The highest BCUT2D eigenvalue weighted by molar-refractivity contribution is 7.99. The molecule has 10 heteroatoms. The lowest BCUT2D eigenvalue weighted by Gasteiger charge is -2.10. The Kier molecular flexibility index (Phi) is 7.59. The molecule has 0 fully saturated rings. The third-order valence-electron chi connectivity index (χ3n) is 4.91. The Morgan fingerprint density at radius 1 is 1.03 bits per heavy atom. The van der Waals surface area contributed by atoms with Crippen LogP contribution in [0.15, 0.2) is 83.1 Å². The maximum Gasteiger partial charge on any atom is 0.250 e. The first-order chi connectivity index (χ1) is 16.9. The lowest BCUT2D eigenvalue weighted by Crippen LogP contribution is -2.22. The minimum atomic E-state index is -1.25. The zero-order chi connectivity index (χ0) is 24.8. The molecule has 0 unspecified atom stereocenters. The van der Waals surface area contributed by atoms with Crippen molar-refractivity contribution in [1.82, 2.24) is 20.2 Å². The molecule has 176 valence electrons. The predicted molar refractivity (Wildman–Crippen MR) is 134 cm³/mol. The Balaban J connectivity index is 1.47. The molecule has 4 aromatic rings. The number of halogens is 1. The van der Waals surface area contributed by atoms with Crippen LogP contribution >= 0.6 is 23.4 Å². The van der Waals surface area contributed by atoms with E-state index in [1.54, 1.807) is 24.3 Å². The van der Waals surface area contributed by atoms with Crippen molar-refractivity contribution in [2.24, 2.45) is 5.10 Å². The highest BCUT2D eigenvalue weighted by Gasteiger charge is 2.17. The highest BCUT2D eigenvalue weighted by Crippen LogP contribution is 2.28. The number of rotatable bonds is 8. The minimum absolute atomic E-state index is 0.0561. The number of benzene rings is 3. The number of hydrogen-bond acceptors (Lipinski definition) is 7. The Bertz CT molecular complexity index is 1370. The van der Waals surface area contributed by atoms with Gasteiger partial charge in [-0.25, -0.2) is 5.43 Å². The van der Waals surface area contributed by atoms with Crippen molar-refractivity contribution in [1.29, 1.82) is 0 Å². The van der Waals surface area contributed by atoms with Crippen molar-refractivity contribution in [3.8, 4) is 17.1 Å². The van der Waals surface area contributed by atoms with Crippen LogP contribution in [0.4, 0.5) is 0 Å². The third-order valence-corrected chi connectivity index (χ3v) is 6.09. The normalized spacial score (nSPS) is 11.0. The maximum absolute atomic E-state index is 12.4. The van der Waals surface area contributed by atoms with Crippen LogP contribution in [0.1, 0.15) is 21.5 Å². The average Bonchev–Trinajstić information content (AvgIpc) is 3.28. The first kappa shape index (κ1) is 24.2. The number of carbonyl (C=O) groups excluding carboxylic acids is 2. The molecule has 0 aliphatic carbocycles. The molecule has 0 radical (unpaired) electrons. The summed E-state index contributed by atoms with van der Waals surface area (Å²) in [6, 6.07) is 21.2. The van der Waals surface area contributed by atoms with Gasteiger partial charge in [0.1, 0.15) is 0 Å². The van der Waals surface area contributed by atoms with Crippen LogP contribution in [-0.2, 0) is 4.79 Å². The lowest BCUT2D eigenvalue weighted by molar-refractivity contribution is -0.255. The molecule has 0 saturated heterocycles. The maximum atomic E-state index is 12.4. The number of nitrogens with one attached hydrogen (secondary N) is 1. The lowest BCUT2D eigenvalue weighted by atomic mass is 10.1. The summed E-state index contributed by atoms with van der Waals surface area (Å²) in [6.45, 7) is 2.01. The molecule has 1 N–H and O–H groups in total. The molecule has 0 bridgehead atoms. The van der Waals surface area contributed by atoms with Crippen LogP contribution in [0.3, 0.4) is 0 Å². The number of hydrogen-bond donors (Lipinski definition) is 1. The summed E-state index contributed by atoms with van der Waals surface area (Å²) in [4.78, 5) is 23.2. The molecule has 0 saturated carbocycles. The summed E-state index contributed by atoms with van der Waals surface area (Å²) in [5.41, 5.74) is 6.00. The number of aromatic carboxylic acids is 1. The second-order valence-electron chi connectivity index (χ2n) is 7.48. The van der Waals surface area contributed by atoms with Gasteiger partial charge in [0.15, 0.2) is 11.0 Å². The van der Waals surface area contributed by atoms with Crippen LogP contribution < -0.4 is 10.5 Å². The van der Waals surface area contributed by atoms with E-state index in [9.17, 15) is 14.7 Å². The van der Waals surface area contributed by atoms with Gasteiger partial charge in [-0.2, -0.15) is 5.10 Å². The topological polar surface area (TPSA) is 112 Å². The number of carboxylic acid groups (broad SMARTS) is 1. The fourth-order valence-electron chi connectivity index (χ4n) is 3.12. The van der Waals surface area contributed by atoms with E-state index in [1.807, 2.05) is 47.9 Å². The van der Waals surface area contributed by atoms with Crippen molar-refractivity contribution >= 4 is 41.5 Å². The summed E-state index contributed by atoms with van der Waals surface area (Å²) in [6.07, 6.45) is 1.42. The molecule has 0 aliphatic rings. The molecule has 4 rings (SSSR count). The third kappa shape index (κ3) is 6.14. The van der Waals surface area contributed by atoms with E-state index in [1.165, 1.54) is 30.1 Å². The fraction of sp³-hybridized carbons (Fsp3) is 0.0800. The second-order valence-corrected chi connectivity index (χ2v) is 8.85. The quantitative estimate of drug-likeness (QED) is 0.223. The molecule has 1 amide bonds. The fourth-order valence-corrected chi connectivity index (χ4v) is 3.99. The van der Waals surface area contributed by atoms with E-state index in [4.69, 9.17) is 11.6 Å². The van der Waals surface area contributed by atoms with Gasteiger partial charge in [-0.3, -0.25) is 9.36 Å². The summed E-state index contributed by atoms with van der Waals surface area (Å²) in [5, 5.41) is 24.6. The number of amides is 1. The van der Waals surface area contributed by atoms with E-state index in [0.717, 1.165) is 16.8 Å². The highest BCUT2D eigenvalue weighted by atomic mass is 35.5. The first-order valence-electron chi connectivity index (χ1n) is 10.5. The summed E-state index contributed by atoms with van der Waals surface area (Å²) < 4.78 is 1.88. The van der Waals surface area contributed by atoms with Crippen molar-refractivity contribution < 1.29 is 14.7 Å². The zero-order valence-corrected chi connectivity index (χ0v) is 20.1. The van der Waals surface area contributed by atoms with Gasteiger partial charge in [-0.1, -0.05) is 77.5 Å². The van der Waals surface area contributed by atoms with Gasteiger partial charge in [0.25, 0.3) is 5.91 Å². The Morgan fingerprint density at radius 2 is 1.71 bits per heavy atom. The predicted octanol–water partition coefficient (Wildman–Crippen LogP) is 3.50. The number of nitrogens with zero attached hydrogens (tertiary/aromatic N) is 4. The standard InChI is InChI=1S/C25H20ClN5O3S/c1-16-2-6-18(7-3-16)23-29-30-25(31(23)21-12-10-20(26)11-13-21)35-15-22(32)28-27-14-17-4-8-19(9-5-17)24(33)34/h2-14H,15H2,1H3,(H,28,32)(H,33,34)/p-1/b27-14-. The van der Waals surface area contributed by atoms with E-state index < -0.39 is 5.97 Å². The van der Waals surface area contributed by atoms with Crippen molar-refractivity contribution in [3.05, 3.63) is 94.5 Å². The summed E-state index contributed by atoms with van der Waals surface area (Å²) in [5.74, 6) is -0.884. The van der Waals surface area contributed by atoms with Gasteiger partial charge in [-0.05, 0) is 42.3 Å². The van der Waals surface area contributed by atoms with Gasteiger partial charge in [0.05, 0.1) is 17.9 Å². The van der Waals surface area contributed by atoms with Gasteiger partial charge < -0.3 is 9.90 Å². The van der Waals surface area contributed by atoms with E-state index >= 15 is 0 Å². The van der Waals surface area contributed by atoms with E-state index in [0.29, 0.717) is 21.6 Å². The van der Waals surface area contributed by atoms with Crippen LogP contribution in [-0.4, -0.2) is 38.6 Å². The monoisotopic (exact) mass is 504 g/mol. The Labute approximate surface area is 210 Å². The summed E-state index contributed by atoms with van der Waals surface area (Å²) >= 11 is 7.29. The summed E-state index contributed by atoms with van der Waals surface area (Å²) in [7, 11) is 0. The number of carboxylic acids is 1. The van der Waals surface area contributed by atoms with Crippen LogP contribution in [0, 0.1) is 6.92 Å². The van der Waals surface area contributed by atoms with Crippen LogP contribution in [0.5, 0.6) is 0 Å². The molecule has 1 aromatic heterocycles. The van der Waals surface area contributed by atoms with Gasteiger partial charge >= 0.3 is 0 Å². The molecule has 1 heterocycles. The molecule has 0 aliphatic heterocycles. The van der Waals surface area contributed by atoms with Crippen LogP contribution in [0.2, 0.25) is 5.02 Å². The number of thioether (sulfide) groups is 1. The zero-order valence-electron chi connectivity index (χ0n) is 18.5. The molecular formula is C25H19ClN5O3S-. The Hall–Kier alpha value is -3.95. The minimum Gasteiger partial charge on any atom is -0.545 e. The van der Waals surface area contributed by atoms with E-state index in [2.05, 4.69) is 20.7 Å². The number of carbonyl (C=O) groups is 2. The average molecular weight is 505 g/mol. The largest absolute Gasteiger partial charge is 0.545 e. The molecule has 0 atom stereocenters. The molecular weight excluding hydrogens is 486 g/mol. The molecule has 3 aromatic carbocycles. The van der Waals surface area contributed by atoms with Gasteiger partial charge in [0, 0.05) is 16.3 Å². The SMILES string of the molecule is Cc1ccc(-c2nnc(SCC(=O)N/N=C\c3ccc(C(=O)[O-])cc3)n2-c2ccc(Cl)cc2)cc1.